The smallest absolute Gasteiger partial charge is 0.253 e. The molecule has 2 rings (SSSR count). The first-order valence-electron chi connectivity index (χ1n) is 4.29. The SMILES string of the molecule is CN(C)C(=O)c1ccc2[c]scc2c1. The van der Waals surface area contributed by atoms with Gasteiger partial charge in [-0.25, -0.2) is 0 Å². The van der Waals surface area contributed by atoms with Gasteiger partial charge in [-0.3, -0.25) is 4.79 Å². The molecule has 0 fully saturated rings. The van der Waals surface area contributed by atoms with Gasteiger partial charge in [-0.1, -0.05) is 6.07 Å². The lowest BCUT2D eigenvalue weighted by Gasteiger charge is -2.09. The van der Waals surface area contributed by atoms with E-state index in [0.29, 0.717) is 0 Å². The second-order valence-electron chi connectivity index (χ2n) is 3.34. The second-order valence-corrected chi connectivity index (χ2v) is 4.01. The molecule has 1 amide bonds. The fourth-order valence-electron chi connectivity index (χ4n) is 1.30. The third-order valence-corrected chi connectivity index (χ3v) is 2.77. The first-order valence-corrected chi connectivity index (χ1v) is 5.17. The predicted molar refractivity (Wildman–Crippen MR) is 58.7 cm³/mol. The number of hydrogen-bond donors (Lipinski definition) is 0. The summed E-state index contributed by atoms with van der Waals surface area (Å²) in [7, 11) is 3.51. The summed E-state index contributed by atoms with van der Waals surface area (Å²) < 4.78 is 0. The number of hydrogen-bond acceptors (Lipinski definition) is 2. The number of rotatable bonds is 1. The number of fused-ring (bicyclic) bond motifs is 1. The van der Waals surface area contributed by atoms with Gasteiger partial charge in [-0.15, -0.1) is 11.3 Å². The van der Waals surface area contributed by atoms with Crippen LogP contribution in [0.4, 0.5) is 0 Å². The van der Waals surface area contributed by atoms with Crippen LogP contribution in [0.2, 0.25) is 0 Å². The highest BCUT2D eigenvalue weighted by atomic mass is 32.1. The van der Waals surface area contributed by atoms with Crippen molar-refractivity contribution in [3.63, 3.8) is 0 Å². The maximum Gasteiger partial charge on any atom is 0.253 e. The van der Waals surface area contributed by atoms with Gasteiger partial charge in [0, 0.05) is 25.0 Å². The van der Waals surface area contributed by atoms with Crippen LogP contribution in [0.25, 0.3) is 10.8 Å². The molecule has 0 aliphatic carbocycles. The van der Waals surface area contributed by atoms with Gasteiger partial charge in [0.25, 0.3) is 5.91 Å². The van der Waals surface area contributed by atoms with Crippen LogP contribution in [0.5, 0.6) is 0 Å². The molecule has 0 saturated carbocycles. The quantitative estimate of drug-likeness (QED) is 0.698. The molecule has 0 spiro atoms. The van der Waals surface area contributed by atoms with E-state index in [2.05, 4.69) is 5.38 Å². The van der Waals surface area contributed by atoms with E-state index in [1.54, 1.807) is 19.0 Å². The molecule has 0 N–H and O–H groups in total. The summed E-state index contributed by atoms with van der Waals surface area (Å²) in [5.41, 5.74) is 0.731. The molecule has 1 radical (unpaired) electrons. The maximum absolute atomic E-state index is 11.6. The van der Waals surface area contributed by atoms with E-state index >= 15 is 0 Å². The van der Waals surface area contributed by atoms with Gasteiger partial charge in [0.05, 0.1) is 5.38 Å². The molecular weight excluding hydrogens is 194 g/mol. The molecule has 3 heteroatoms. The average molecular weight is 204 g/mol. The molecule has 1 aromatic carbocycles. The minimum Gasteiger partial charge on any atom is -0.345 e. The number of amides is 1. The van der Waals surface area contributed by atoms with Crippen molar-refractivity contribution in [2.24, 2.45) is 0 Å². The molecule has 0 aliphatic rings. The zero-order valence-electron chi connectivity index (χ0n) is 8.07. The van der Waals surface area contributed by atoms with E-state index in [0.717, 1.165) is 16.3 Å². The Morgan fingerprint density at radius 2 is 2.21 bits per heavy atom. The molecule has 71 valence electrons. The Bertz CT molecular complexity index is 473. The van der Waals surface area contributed by atoms with Gasteiger partial charge in [0.1, 0.15) is 0 Å². The molecule has 0 atom stereocenters. The van der Waals surface area contributed by atoms with Gasteiger partial charge >= 0.3 is 0 Å². The average Bonchev–Trinajstić information content (AvgIpc) is 2.62. The summed E-state index contributed by atoms with van der Waals surface area (Å²) in [6.45, 7) is 0. The van der Waals surface area contributed by atoms with Gasteiger partial charge in [-0.2, -0.15) is 0 Å². The number of nitrogens with zero attached hydrogens (tertiary/aromatic N) is 1. The van der Waals surface area contributed by atoms with E-state index in [1.807, 2.05) is 23.6 Å². The molecule has 1 heterocycles. The van der Waals surface area contributed by atoms with Crippen LogP contribution < -0.4 is 0 Å². The number of thiophene rings is 1. The zero-order chi connectivity index (χ0) is 10.1. The molecule has 2 aromatic rings. The summed E-state index contributed by atoms with van der Waals surface area (Å²) in [5.74, 6) is 0.0399. The molecule has 0 bridgehead atoms. The normalized spacial score (nSPS) is 10.4. The third-order valence-electron chi connectivity index (χ3n) is 2.06. The van der Waals surface area contributed by atoms with Crippen LogP contribution in [0, 0.1) is 5.38 Å². The van der Waals surface area contributed by atoms with Crippen molar-refractivity contribution in [1.29, 1.82) is 0 Å². The minimum absolute atomic E-state index is 0.0399. The Kier molecular flexibility index (Phi) is 2.25. The zero-order valence-corrected chi connectivity index (χ0v) is 8.89. The van der Waals surface area contributed by atoms with E-state index < -0.39 is 0 Å². The Morgan fingerprint density at radius 3 is 2.93 bits per heavy atom. The molecule has 0 aliphatic heterocycles. The fraction of sp³-hybridized carbons (Fsp3) is 0.182. The van der Waals surface area contributed by atoms with Crippen molar-refractivity contribution in [2.45, 2.75) is 0 Å². The van der Waals surface area contributed by atoms with Crippen molar-refractivity contribution in [1.82, 2.24) is 4.90 Å². The fourth-order valence-corrected chi connectivity index (χ4v) is 1.99. The molecular formula is C11H10NOS. The Morgan fingerprint density at radius 1 is 1.43 bits per heavy atom. The van der Waals surface area contributed by atoms with Crippen molar-refractivity contribution in [2.75, 3.05) is 14.1 Å². The highest BCUT2D eigenvalue weighted by Gasteiger charge is 2.08. The maximum atomic E-state index is 11.6. The summed E-state index contributed by atoms with van der Waals surface area (Å²) in [5, 5.41) is 7.29. The Labute approximate surface area is 86.8 Å². The number of carbonyl (C=O) groups excluding carboxylic acids is 1. The number of benzene rings is 1. The number of carbonyl (C=O) groups is 1. The van der Waals surface area contributed by atoms with Crippen LogP contribution in [-0.4, -0.2) is 24.9 Å². The van der Waals surface area contributed by atoms with Crippen molar-refractivity contribution in [3.05, 3.63) is 34.5 Å². The van der Waals surface area contributed by atoms with E-state index in [9.17, 15) is 4.79 Å². The molecule has 0 unspecified atom stereocenters. The van der Waals surface area contributed by atoms with E-state index in [4.69, 9.17) is 0 Å². The van der Waals surface area contributed by atoms with Crippen molar-refractivity contribution in [3.8, 4) is 0 Å². The second kappa shape index (κ2) is 3.42. The topological polar surface area (TPSA) is 20.3 Å². The standard InChI is InChI=1S/C11H10NOS/c1-12(2)11(13)8-3-4-9-6-14-7-10(9)5-8/h3-5,7H,1-2H3. The first kappa shape index (κ1) is 9.21. The third kappa shape index (κ3) is 1.51. The molecule has 0 saturated heterocycles. The van der Waals surface area contributed by atoms with Crippen LogP contribution >= 0.6 is 11.3 Å². The predicted octanol–water partition coefficient (Wildman–Crippen LogP) is 2.40. The van der Waals surface area contributed by atoms with E-state index in [-0.39, 0.29) is 5.91 Å². The Hall–Kier alpha value is -1.35. The lowest BCUT2D eigenvalue weighted by molar-refractivity contribution is 0.0828. The highest BCUT2D eigenvalue weighted by Crippen LogP contribution is 2.19. The van der Waals surface area contributed by atoms with Gasteiger partial charge in [-0.05, 0) is 22.9 Å². The lowest BCUT2D eigenvalue weighted by atomic mass is 10.1. The Balaban J connectivity index is 2.48. The summed E-state index contributed by atoms with van der Waals surface area (Å²) in [6, 6.07) is 5.68. The minimum atomic E-state index is 0.0399. The van der Waals surface area contributed by atoms with Crippen LogP contribution in [-0.2, 0) is 0 Å². The van der Waals surface area contributed by atoms with Crippen molar-refractivity contribution < 1.29 is 4.79 Å². The van der Waals surface area contributed by atoms with E-state index in [1.165, 1.54) is 11.3 Å². The lowest BCUT2D eigenvalue weighted by Crippen LogP contribution is -2.21. The van der Waals surface area contributed by atoms with Crippen LogP contribution in [0.3, 0.4) is 0 Å². The van der Waals surface area contributed by atoms with Crippen LogP contribution in [0.1, 0.15) is 10.4 Å². The van der Waals surface area contributed by atoms with Gasteiger partial charge in [0.2, 0.25) is 0 Å². The monoisotopic (exact) mass is 204 g/mol. The first-order chi connectivity index (χ1) is 6.68. The summed E-state index contributed by atoms with van der Waals surface area (Å²) >= 11 is 1.53. The molecule has 1 aromatic heterocycles. The molecule has 2 nitrogen and oxygen atoms in total. The molecule has 14 heavy (non-hydrogen) atoms. The highest BCUT2D eigenvalue weighted by molar-refractivity contribution is 7.08. The van der Waals surface area contributed by atoms with Gasteiger partial charge < -0.3 is 4.90 Å². The summed E-state index contributed by atoms with van der Waals surface area (Å²) in [4.78, 5) is 13.2. The summed E-state index contributed by atoms with van der Waals surface area (Å²) in [6.07, 6.45) is 0. The van der Waals surface area contributed by atoms with Crippen molar-refractivity contribution >= 4 is 28.0 Å². The van der Waals surface area contributed by atoms with Gasteiger partial charge in [0.15, 0.2) is 0 Å². The van der Waals surface area contributed by atoms with Crippen LogP contribution in [0.15, 0.2) is 23.6 Å². The largest absolute Gasteiger partial charge is 0.345 e.